The van der Waals surface area contributed by atoms with Gasteiger partial charge in [-0.05, 0) is 12.3 Å². The van der Waals surface area contributed by atoms with Gasteiger partial charge in [0.15, 0.2) is 0 Å². The van der Waals surface area contributed by atoms with Crippen LogP contribution in [-0.2, 0) is 4.79 Å². The predicted molar refractivity (Wildman–Crippen MR) is 52.9 cm³/mol. The van der Waals surface area contributed by atoms with E-state index < -0.39 is 0 Å². The van der Waals surface area contributed by atoms with Crippen LogP contribution in [0.3, 0.4) is 0 Å². The third kappa shape index (κ3) is 4.88. The topological polar surface area (TPSA) is 41.1 Å². The summed E-state index contributed by atoms with van der Waals surface area (Å²) in [6.07, 6.45) is 4.04. The summed E-state index contributed by atoms with van der Waals surface area (Å²) in [5.74, 6) is -0.000874. The minimum atomic E-state index is -0.000874. The Hall–Kier alpha value is -0.860. The van der Waals surface area contributed by atoms with Crippen LogP contribution < -0.4 is 10.6 Å². The van der Waals surface area contributed by atoms with E-state index in [0.29, 0.717) is 6.42 Å². The first-order valence-corrected chi connectivity index (χ1v) is 4.84. The van der Waals surface area contributed by atoms with Gasteiger partial charge >= 0.3 is 0 Å². The largest absolute Gasteiger partial charge is 0.377 e. The Bertz CT molecular complexity index is 201. The molecule has 3 nitrogen and oxygen atoms in total. The molecule has 0 saturated carbocycles. The van der Waals surface area contributed by atoms with Crippen molar-refractivity contribution in [3.05, 3.63) is 16.8 Å². The van der Waals surface area contributed by atoms with E-state index in [-0.39, 0.29) is 5.91 Å². The molecule has 12 heavy (non-hydrogen) atoms. The maximum Gasteiger partial charge on any atom is 0.224 e. The third-order valence-electron chi connectivity index (χ3n) is 1.23. The molecule has 0 fully saturated rings. The fourth-order valence-electron chi connectivity index (χ4n) is 0.572. The monoisotopic (exact) mass is 186 g/mol. The molecule has 0 spiro atoms. The van der Waals surface area contributed by atoms with Gasteiger partial charge in [0, 0.05) is 14.1 Å². The SMILES string of the molecule is CNC(=O)CC=C=C(NC)SC. The summed E-state index contributed by atoms with van der Waals surface area (Å²) in [5, 5.41) is 6.41. The second-order valence-corrected chi connectivity index (χ2v) is 2.83. The molecule has 0 saturated heterocycles. The van der Waals surface area contributed by atoms with E-state index in [9.17, 15) is 4.79 Å². The van der Waals surface area contributed by atoms with Crippen molar-refractivity contribution in [2.45, 2.75) is 6.42 Å². The highest BCUT2D eigenvalue weighted by Crippen LogP contribution is 2.03. The number of carbonyl (C=O) groups excluding carboxylic acids is 1. The molecule has 0 unspecified atom stereocenters. The normalized spacial score (nSPS) is 8.25. The van der Waals surface area contributed by atoms with Crippen LogP contribution in [0.15, 0.2) is 16.8 Å². The van der Waals surface area contributed by atoms with Crippen molar-refractivity contribution in [3.8, 4) is 0 Å². The van der Waals surface area contributed by atoms with Gasteiger partial charge in [-0.1, -0.05) is 5.73 Å². The molecule has 0 aromatic rings. The minimum absolute atomic E-state index is 0.000874. The summed E-state index contributed by atoms with van der Waals surface area (Å²) in [5.41, 5.74) is 2.97. The molecule has 0 rings (SSSR count). The minimum Gasteiger partial charge on any atom is -0.377 e. The molecule has 0 aromatic carbocycles. The number of thioether (sulfide) groups is 1. The summed E-state index contributed by atoms with van der Waals surface area (Å²) in [7, 11) is 3.44. The highest BCUT2D eigenvalue weighted by molar-refractivity contribution is 8.02. The molecule has 2 N–H and O–H groups in total. The van der Waals surface area contributed by atoms with Gasteiger partial charge in [-0.15, -0.1) is 11.8 Å². The number of hydrogen-bond donors (Lipinski definition) is 2. The molecule has 0 bridgehead atoms. The quantitative estimate of drug-likeness (QED) is 0.635. The summed E-state index contributed by atoms with van der Waals surface area (Å²) in [4.78, 5) is 10.8. The van der Waals surface area contributed by atoms with Crippen molar-refractivity contribution in [1.82, 2.24) is 10.6 Å². The fourth-order valence-corrected chi connectivity index (χ4v) is 0.977. The molecule has 0 atom stereocenters. The summed E-state index contributed by atoms with van der Waals surface area (Å²) < 4.78 is 0. The van der Waals surface area contributed by atoms with E-state index >= 15 is 0 Å². The number of rotatable bonds is 4. The molecular weight excluding hydrogens is 172 g/mol. The van der Waals surface area contributed by atoms with Crippen LogP contribution in [0.5, 0.6) is 0 Å². The van der Waals surface area contributed by atoms with Crippen molar-refractivity contribution in [3.63, 3.8) is 0 Å². The lowest BCUT2D eigenvalue weighted by atomic mass is 10.4. The van der Waals surface area contributed by atoms with Crippen LogP contribution in [0.25, 0.3) is 0 Å². The highest BCUT2D eigenvalue weighted by atomic mass is 32.2. The van der Waals surface area contributed by atoms with Gasteiger partial charge in [-0.2, -0.15) is 0 Å². The lowest BCUT2D eigenvalue weighted by molar-refractivity contribution is -0.119. The summed E-state index contributed by atoms with van der Waals surface area (Å²) in [6, 6.07) is 0. The number of amides is 1. The van der Waals surface area contributed by atoms with Crippen molar-refractivity contribution in [1.29, 1.82) is 0 Å². The lowest BCUT2D eigenvalue weighted by Crippen LogP contribution is -2.15. The van der Waals surface area contributed by atoms with Crippen LogP contribution in [0.1, 0.15) is 6.42 Å². The zero-order valence-electron chi connectivity index (χ0n) is 7.60. The predicted octanol–water partition coefficient (Wildman–Crippen LogP) is 0.701. The van der Waals surface area contributed by atoms with Gasteiger partial charge in [0.1, 0.15) is 5.03 Å². The Labute approximate surface area is 77.3 Å². The summed E-state index contributed by atoms with van der Waals surface area (Å²) in [6.45, 7) is 0. The van der Waals surface area contributed by atoms with Gasteiger partial charge in [-0.25, -0.2) is 0 Å². The van der Waals surface area contributed by atoms with E-state index in [0.717, 1.165) is 5.03 Å². The van der Waals surface area contributed by atoms with Gasteiger partial charge in [0.2, 0.25) is 5.91 Å². The number of hydrogen-bond acceptors (Lipinski definition) is 3. The molecule has 0 heterocycles. The molecule has 1 amide bonds. The first kappa shape index (κ1) is 11.1. The van der Waals surface area contributed by atoms with E-state index in [4.69, 9.17) is 0 Å². The molecule has 0 aliphatic rings. The molecule has 68 valence electrons. The molecule has 0 radical (unpaired) electrons. The van der Waals surface area contributed by atoms with Crippen LogP contribution in [0.2, 0.25) is 0 Å². The second-order valence-electron chi connectivity index (χ2n) is 2.01. The number of nitrogens with one attached hydrogen (secondary N) is 2. The van der Waals surface area contributed by atoms with Crippen LogP contribution in [0, 0.1) is 0 Å². The Morgan fingerprint density at radius 3 is 2.58 bits per heavy atom. The van der Waals surface area contributed by atoms with Crippen molar-refractivity contribution in [2.24, 2.45) is 0 Å². The maximum atomic E-state index is 10.8. The Balaban J connectivity index is 4.01. The van der Waals surface area contributed by atoms with Crippen molar-refractivity contribution < 1.29 is 4.79 Å². The van der Waals surface area contributed by atoms with Crippen LogP contribution in [0.4, 0.5) is 0 Å². The van der Waals surface area contributed by atoms with E-state index in [1.165, 1.54) is 0 Å². The van der Waals surface area contributed by atoms with Crippen LogP contribution >= 0.6 is 11.8 Å². The first-order valence-electron chi connectivity index (χ1n) is 3.62. The molecular formula is C8H14N2OS. The zero-order chi connectivity index (χ0) is 9.40. The highest BCUT2D eigenvalue weighted by Gasteiger charge is 1.90. The smallest absolute Gasteiger partial charge is 0.224 e. The van der Waals surface area contributed by atoms with E-state index in [1.807, 2.05) is 13.3 Å². The Morgan fingerprint density at radius 1 is 1.50 bits per heavy atom. The molecule has 4 heteroatoms. The first-order chi connectivity index (χ1) is 5.74. The maximum absolute atomic E-state index is 10.8. The summed E-state index contributed by atoms with van der Waals surface area (Å²) >= 11 is 1.56. The molecule has 0 aliphatic carbocycles. The van der Waals surface area contributed by atoms with E-state index in [1.54, 1.807) is 24.9 Å². The standard InChI is InChI=1S/C8H14N2OS/c1-9-7(11)5-4-6-8(10-2)12-3/h4,10H,5H2,1-3H3,(H,9,11). The van der Waals surface area contributed by atoms with Gasteiger partial charge in [0.25, 0.3) is 0 Å². The fraction of sp³-hybridized carbons (Fsp3) is 0.500. The second kappa shape index (κ2) is 6.83. The third-order valence-corrected chi connectivity index (χ3v) is 1.96. The Kier molecular flexibility index (Phi) is 6.34. The van der Waals surface area contributed by atoms with Crippen molar-refractivity contribution in [2.75, 3.05) is 20.4 Å². The molecule has 0 aromatic heterocycles. The van der Waals surface area contributed by atoms with Gasteiger partial charge in [0.05, 0.1) is 6.42 Å². The Morgan fingerprint density at radius 2 is 2.17 bits per heavy atom. The average molecular weight is 186 g/mol. The van der Waals surface area contributed by atoms with Crippen LogP contribution in [-0.4, -0.2) is 26.3 Å². The molecule has 0 aliphatic heterocycles. The average Bonchev–Trinajstić information content (AvgIpc) is 2.12. The zero-order valence-corrected chi connectivity index (χ0v) is 8.42. The number of carbonyl (C=O) groups is 1. The lowest BCUT2D eigenvalue weighted by Gasteiger charge is -1.95. The van der Waals surface area contributed by atoms with Gasteiger partial charge < -0.3 is 10.6 Å². The van der Waals surface area contributed by atoms with Crippen molar-refractivity contribution >= 4 is 17.7 Å². The van der Waals surface area contributed by atoms with Gasteiger partial charge in [-0.3, -0.25) is 4.79 Å². The van der Waals surface area contributed by atoms with E-state index in [2.05, 4.69) is 16.4 Å².